The van der Waals surface area contributed by atoms with Gasteiger partial charge in [-0.1, -0.05) is 41.7 Å². The minimum atomic E-state index is -3.92. The average Bonchev–Trinajstić information content (AvgIpc) is 3.17. The molecule has 1 fully saturated rings. The highest BCUT2D eigenvalue weighted by molar-refractivity contribution is 6.58. The second-order valence-electron chi connectivity index (χ2n) is 8.92. The molecule has 15 heteroatoms. The number of imide groups is 1. The lowest BCUT2D eigenvalue weighted by Gasteiger charge is -2.52. The van der Waals surface area contributed by atoms with E-state index in [-0.39, 0.29) is 17.1 Å². The SMILES string of the molecule is [B]C1C([B])([B])C(=O)NC(=O)[C@@]1([B])N1Cc2cc(CN([B])C(=O)C(F)(F)c3ccc(Cl)cc3)ccc2C1=O. The van der Waals surface area contributed by atoms with E-state index in [1.54, 1.807) is 0 Å². The van der Waals surface area contributed by atoms with Crippen LogP contribution < -0.4 is 5.32 Å². The van der Waals surface area contributed by atoms with Crippen LogP contribution >= 0.6 is 11.6 Å². The Morgan fingerprint density at radius 3 is 2.35 bits per heavy atom. The highest BCUT2D eigenvalue weighted by Crippen LogP contribution is 2.46. The van der Waals surface area contributed by atoms with Crippen molar-refractivity contribution in [3.8, 4) is 0 Å². The van der Waals surface area contributed by atoms with Crippen LogP contribution in [0.15, 0.2) is 42.5 Å². The molecule has 2 aliphatic heterocycles. The van der Waals surface area contributed by atoms with Gasteiger partial charge in [-0.05, 0) is 34.5 Å². The molecule has 37 heavy (non-hydrogen) atoms. The molecule has 2 aromatic carbocycles. The van der Waals surface area contributed by atoms with Crippen LogP contribution in [-0.2, 0) is 33.4 Å². The number of amides is 4. The molecule has 4 amide bonds. The van der Waals surface area contributed by atoms with Gasteiger partial charge in [-0.3, -0.25) is 24.5 Å². The first kappa shape index (κ1) is 27.0. The fourth-order valence-corrected chi connectivity index (χ4v) is 4.38. The summed E-state index contributed by atoms with van der Waals surface area (Å²) < 4.78 is 29.4. The van der Waals surface area contributed by atoms with E-state index in [1.165, 1.54) is 30.3 Å². The Morgan fingerprint density at radius 1 is 1.11 bits per heavy atom. The van der Waals surface area contributed by atoms with E-state index in [9.17, 15) is 28.0 Å². The molecule has 7 nitrogen and oxygen atoms in total. The zero-order chi connectivity index (χ0) is 27.5. The summed E-state index contributed by atoms with van der Waals surface area (Å²) in [7, 11) is 29.4. The molecule has 0 aromatic heterocycles. The number of rotatable bonds is 5. The van der Waals surface area contributed by atoms with Crippen LogP contribution in [0.25, 0.3) is 0 Å². The Morgan fingerprint density at radius 2 is 1.73 bits per heavy atom. The first-order valence-electron chi connectivity index (χ1n) is 10.7. The predicted molar refractivity (Wildman–Crippen MR) is 133 cm³/mol. The molecule has 0 bridgehead atoms. The van der Waals surface area contributed by atoms with Crippen LogP contribution in [0.1, 0.15) is 27.0 Å². The van der Waals surface area contributed by atoms with E-state index in [4.69, 9.17) is 51.0 Å². The standard InChI is InChI=1S/C22H13B5ClF2N3O4/c23-16-20(24,25)17(35)31-18(36)21(16,26)32-9-11-7-10(1-6-14(11)15(32)34)8-33(27)19(37)22(29,30)12-2-4-13(28)5-3-12/h1-7,16H,8-9H2,(H,31,35,36)/t16?,21-/m0/s1. The van der Waals surface area contributed by atoms with Gasteiger partial charge in [0.1, 0.15) is 7.85 Å². The molecular weight excluding hydrogens is 498 g/mol. The fourth-order valence-electron chi connectivity index (χ4n) is 4.25. The number of hydrogen-bond donors (Lipinski definition) is 1. The van der Waals surface area contributed by atoms with E-state index in [0.717, 1.165) is 17.0 Å². The van der Waals surface area contributed by atoms with E-state index < -0.39 is 58.1 Å². The van der Waals surface area contributed by atoms with Crippen molar-refractivity contribution in [1.29, 1.82) is 0 Å². The quantitative estimate of drug-likeness (QED) is 0.467. The normalized spacial score (nSPS) is 22.9. The van der Waals surface area contributed by atoms with E-state index >= 15 is 0 Å². The van der Waals surface area contributed by atoms with Crippen molar-refractivity contribution < 1.29 is 28.0 Å². The third-order valence-corrected chi connectivity index (χ3v) is 6.73. The fraction of sp³-hybridized carbons (Fsp3) is 0.273. The van der Waals surface area contributed by atoms with Gasteiger partial charge in [0.05, 0.1) is 29.0 Å². The lowest BCUT2D eigenvalue weighted by Crippen LogP contribution is -2.70. The molecule has 10 radical (unpaired) electrons. The van der Waals surface area contributed by atoms with Gasteiger partial charge in [-0.25, -0.2) is 0 Å². The second-order valence-corrected chi connectivity index (χ2v) is 9.35. The minimum absolute atomic E-state index is 0.131. The van der Waals surface area contributed by atoms with Crippen LogP contribution in [0.5, 0.6) is 0 Å². The highest BCUT2D eigenvalue weighted by atomic mass is 35.5. The lowest BCUT2D eigenvalue weighted by atomic mass is 9.35. The van der Waals surface area contributed by atoms with Crippen molar-refractivity contribution in [2.75, 3.05) is 0 Å². The topological polar surface area (TPSA) is 86.8 Å². The predicted octanol–water partition coefficient (Wildman–Crippen LogP) is 0.431. The summed E-state index contributed by atoms with van der Waals surface area (Å²) in [5, 5.41) is -0.100. The molecule has 176 valence electrons. The van der Waals surface area contributed by atoms with E-state index in [0.29, 0.717) is 15.9 Å². The number of nitrogens with one attached hydrogen (secondary N) is 1. The van der Waals surface area contributed by atoms with Crippen LogP contribution in [0, 0.1) is 0 Å². The van der Waals surface area contributed by atoms with E-state index in [2.05, 4.69) is 0 Å². The third-order valence-electron chi connectivity index (χ3n) is 6.48. The summed E-state index contributed by atoms with van der Waals surface area (Å²) in [5.41, 5.74) is -2.08. The summed E-state index contributed by atoms with van der Waals surface area (Å²) in [6, 6.07) is 8.69. The molecule has 2 aromatic rings. The Bertz CT molecular complexity index is 1330. The molecule has 0 spiro atoms. The van der Waals surface area contributed by atoms with Gasteiger partial charge in [0.15, 0.2) is 0 Å². The van der Waals surface area contributed by atoms with Crippen molar-refractivity contribution in [3.05, 3.63) is 69.7 Å². The molecule has 1 saturated heterocycles. The third kappa shape index (κ3) is 4.29. The maximum absolute atomic E-state index is 14.7. The van der Waals surface area contributed by atoms with Crippen LogP contribution in [0.2, 0.25) is 16.1 Å². The molecule has 1 N–H and O–H groups in total. The number of alkyl halides is 2. The van der Waals surface area contributed by atoms with Gasteiger partial charge in [-0.15, -0.1) is 0 Å². The van der Waals surface area contributed by atoms with Crippen LogP contribution in [-0.4, -0.2) is 78.1 Å². The van der Waals surface area contributed by atoms with Gasteiger partial charge >= 0.3 is 5.92 Å². The van der Waals surface area contributed by atoms with Gasteiger partial charge in [-0.2, -0.15) is 8.78 Å². The first-order chi connectivity index (χ1) is 17.1. The molecule has 0 aliphatic carbocycles. The molecule has 4 rings (SSSR count). The van der Waals surface area contributed by atoms with Crippen molar-refractivity contribution >= 4 is 74.6 Å². The zero-order valence-corrected chi connectivity index (χ0v) is 19.8. The highest BCUT2D eigenvalue weighted by Gasteiger charge is 2.57. The average molecular weight is 511 g/mol. The minimum Gasteiger partial charge on any atom is -0.387 e. The lowest BCUT2D eigenvalue weighted by molar-refractivity contribution is -0.154. The number of nitrogens with zero attached hydrogens (tertiary/aromatic N) is 2. The number of halogens is 3. The second kappa shape index (κ2) is 9.08. The van der Waals surface area contributed by atoms with Crippen LogP contribution in [0.3, 0.4) is 0 Å². The molecule has 1 unspecified atom stereocenters. The number of carbonyl (C=O) groups excluding carboxylic acids is 4. The summed E-state index contributed by atoms with van der Waals surface area (Å²) in [4.78, 5) is 51.4. The summed E-state index contributed by atoms with van der Waals surface area (Å²) in [6.07, 6.45) is 0. The van der Waals surface area contributed by atoms with Gasteiger partial charge in [0.2, 0.25) is 19.8 Å². The van der Waals surface area contributed by atoms with Crippen molar-refractivity contribution in [3.63, 3.8) is 0 Å². The molecule has 2 aliphatic rings. The number of benzene rings is 2. The smallest absolute Gasteiger partial charge is 0.348 e. The van der Waals surface area contributed by atoms with Crippen molar-refractivity contribution in [1.82, 2.24) is 15.0 Å². The number of hydrogen-bond acceptors (Lipinski definition) is 4. The van der Waals surface area contributed by atoms with Gasteiger partial charge in [0.25, 0.3) is 11.8 Å². The van der Waals surface area contributed by atoms with Crippen molar-refractivity contribution in [2.24, 2.45) is 0 Å². The Hall–Kier alpha value is -3.01. The van der Waals surface area contributed by atoms with Crippen molar-refractivity contribution in [2.45, 2.75) is 35.5 Å². The molecule has 2 atom stereocenters. The number of fused-ring (bicyclic) bond motifs is 1. The summed E-state index contributed by atoms with van der Waals surface area (Å²) >= 11 is 5.72. The Kier molecular flexibility index (Phi) is 6.63. The number of piperidine rings is 1. The summed E-state index contributed by atoms with van der Waals surface area (Å²) in [5.74, 6) is -10.1. The largest absolute Gasteiger partial charge is 0.387 e. The molecule has 0 saturated carbocycles. The zero-order valence-electron chi connectivity index (χ0n) is 19.1. The number of carbonyl (C=O) groups is 4. The molecule has 2 heterocycles. The van der Waals surface area contributed by atoms with E-state index in [1.807, 2.05) is 5.32 Å². The Labute approximate surface area is 222 Å². The van der Waals surface area contributed by atoms with Crippen LogP contribution in [0.4, 0.5) is 8.78 Å². The molecular formula is C22H13B5ClF2N3O4. The monoisotopic (exact) mass is 511 g/mol. The van der Waals surface area contributed by atoms with Gasteiger partial charge in [0, 0.05) is 29.2 Å². The maximum atomic E-state index is 14.7. The van der Waals surface area contributed by atoms with Gasteiger partial charge < -0.3 is 9.71 Å². The Balaban J connectivity index is 1.55. The maximum Gasteiger partial charge on any atom is 0.348 e. The summed E-state index contributed by atoms with van der Waals surface area (Å²) in [6.45, 7) is -0.677. The first-order valence-corrected chi connectivity index (χ1v) is 11.1.